The molecule has 1 rings (SSSR count). The molecule has 1 N–H and O–H groups in total. The summed E-state index contributed by atoms with van der Waals surface area (Å²) < 4.78 is 4.31. The highest BCUT2D eigenvalue weighted by Crippen LogP contribution is 1.96. The van der Waals surface area contributed by atoms with E-state index in [-0.39, 0.29) is 5.76 Å². The molecule has 0 amide bonds. The number of aromatic amines is 1. The van der Waals surface area contributed by atoms with Crippen molar-refractivity contribution in [1.82, 2.24) is 5.16 Å². The van der Waals surface area contributed by atoms with Gasteiger partial charge in [0, 0.05) is 0 Å². The maximum atomic E-state index is 10.2. The van der Waals surface area contributed by atoms with Crippen LogP contribution in [-0.2, 0) is 0 Å². The first-order valence-corrected chi connectivity index (χ1v) is 2.46. The van der Waals surface area contributed by atoms with Crippen LogP contribution in [0.3, 0.4) is 0 Å². The lowest BCUT2D eigenvalue weighted by atomic mass is 10.5. The van der Waals surface area contributed by atoms with Crippen molar-refractivity contribution in [3.8, 4) is 0 Å². The number of rotatable bonds is 1. The smallest absolute Gasteiger partial charge is 0.290 e. The van der Waals surface area contributed by atoms with Gasteiger partial charge in [-0.3, -0.25) is 9.59 Å². The minimum Gasteiger partial charge on any atom is -0.374 e. The lowest BCUT2D eigenvalue weighted by Crippen LogP contribution is -1.93. The van der Waals surface area contributed by atoms with Crippen LogP contribution in [-0.4, -0.2) is 10.4 Å². The fraction of sp³-hybridized carbons (Fsp3) is 0. The summed E-state index contributed by atoms with van der Waals surface area (Å²) >= 11 is 4.92. The van der Waals surface area contributed by atoms with E-state index in [1.165, 1.54) is 0 Å². The summed E-state index contributed by atoms with van der Waals surface area (Å²) in [5.74, 6) is -0.165. The number of carbonyl (C=O) groups is 1. The highest BCUT2D eigenvalue weighted by Gasteiger charge is 2.05. The summed E-state index contributed by atoms with van der Waals surface area (Å²) in [6, 6.07) is 0.981. The molecule has 0 aromatic carbocycles. The first kappa shape index (κ1) is 6.10. The van der Waals surface area contributed by atoms with E-state index in [1.54, 1.807) is 0 Å². The number of H-pyrrole nitrogens is 1. The third kappa shape index (κ3) is 1.20. The highest BCUT2D eigenvalue weighted by atomic mass is 35.5. The Hall–Kier alpha value is -1.03. The molecule has 1 aromatic rings. The molecule has 0 aliphatic rings. The molecule has 1 heterocycles. The summed E-state index contributed by atoms with van der Waals surface area (Å²) in [5, 5.41) is 1.13. The van der Waals surface area contributed by atoms with E-state index in [2.05, 4.69) is 4.52 Å². The second kappa shape index (κ2) is 2.06. The average molecular weight is 148 g/mol. The number of hydrogen-bond donors (Lipinski definition) is 1. The van der Waals surface area contributed by atoms with E-state index in [0.717, 1.165) is 6.07 Å². The molecule has 0 aliphatic heterocycles. The Morgan fingerprint density at radius 3 is 2.67 bits per heavy atom. The Bertz CT molecular complexity index is 273. The fourth-order valence-corrected chi connectivity index (χ4v) is 0.473. The van der Waals surface area contributed by atoms with E-state index in [4.69, 9.17) is 11.6 Å². The van der Waals surface area contributed by atoms with Crippen molar-refractivity contribution in [1.29, 1.82) is 0 Å². The number of halogens is 1. The lowest BCUT2D eigenvalue weighted by Gasteiger charge is -1.75. The van der Waals surface area contributed by atoms with Gasteiger partial charge in [0.15, 0.2) is 0 Å². The van der Waals surface area contributed by atoms with E-state index < -0.39 is 10.8 Å². The van der Waals surface area contributed by atoms with E-state index in [1.807, 2.05) is 5.16 Å². The lowest BCUT2D eigenvalue weighted by molar-refractivity contribution is 0.104. The number of nitrogens with one attached hydrogen (secondary N) is 1. The van der Waals surface area contributed by atoms with Crippen LogP contribution < -0.4 is 5.56 Å². The second-order valence-corrected chi connectivity index (χ2v) is 1.69. The van der Waals surface area contributed by atoms with Crippen molar-refractivity contribution in [2.75, 3.05) is 0 Å². The maximum Gasteiger partial charge on any atom is 0.290 e. The van der Waals surface area contributed by atoms with Gasteiger partial charge in [0.1, 0.15) is 0 Å². The third-order valence-corrected chi connectivity index (χ3v) is 0.904. The fourth-order valence-electron chi connectivity index (χ4n) is 0.380. The van der Waals surface area contributed by atoms with Crippen LogP contribution >= 0.6 is 11.6 Å². The quantitative estimate of drug-likeness (QED) is 0.583. The van der Waals surface area contributed by atoms with E-state index in [0.29, 0.717) is 0 Å². The highest BCUT2D eigenvalue weighted by molar-refractivity contribution is 6.67. The molecule has 0 bridgehead atoms. The Kier molecular flexibility index (Phi) is 1.40. The van der Waals surface area contributed by atoms with Crippen LogP contribution in [0.2, 0.25) is 0 Å². The molecule has 1 aromatic heterocycles. The van der Waals surface area contributed by atoms with Crippen LogP contribution in [0.15, 0.2) is 15.4 Å². The zero-order valence-electron chi connectivity index (χ0n) is 4.18. The first-order valence-electron chi connectivity index (χ1n) is 2.08. The standard InChI is InChI=1S/C4H2ClNO3/c5-4(8)2-1-3(7)6-9-2/h1H,(H,6,7). The predicted molar refractivity (Wildman–Crippen MR) is 29.5 cm³/mol. The van der Waals surface area contributed by atoms with Crippen LogP contribution in [0.4, 0.5) is 0 Å². The van der Waals surface area contributed by atoms with Gasteiger partial charge < -0.3 is 4.52 Å². The van der Waals surface area contributed by atoms with Crippen LogP contribution in [0.1, 0.15) is 10.6 Å². The normalized spacial score (nSPS) is 9.44. The maximum absolute atomic E-state index is 10.2. The van der Waals surface area contributed by atoms with Crippen molar-refractivity contribution in [2.45, 2.75) is 0 Å². The van der Waals surface area contributed by atoms with Gasteiger partial charge in [0.25, 0.3) is 10.8 Å². The Morgan fingerprint density at radius 2 is 2.44 bits per heavy atom. The minimum absolute atomic E-state index is 0.165. The molecule has 0 saturated heterocycles. The van der Waals surface area contributed by atoms with Crippen molar-refractivity contribution in [2.24, 2.45) is 0 Å². The van der Waals surface area contributed by atoms with Gasteiger partial charge in [-0.05, 0) is 11.6 Å². The molecule has 0 radical (unpaired) electrons. The van der Waals surface area contributed by atoms with Crippen LogP contribution in [0.5, 0.6) is 0 Å². The van der Waals surface area contributed by atoms with Gasteiger partial charge >= 0.3 is 0 Å². The van der Waals surface area contributed by atoms with E-state index >= 15 is 0 Å². The Morgan fingerprint density at radius 1 is 1.78 bits per heavy atom. The largest absolute Gasteiger partial charge is 0.374 e. The minimum atomic E-state index is -0.784. The molecule has 5 heteroatoms. The molecule has 0 unspecified atom stereocenters. The van der Waals surface area contributed by atoms with Gasteiger partial charge in [-0.1, -0.05) is 0 Å². The van der Waals surface area contributed by atoms with Crippen molar-refractivity contribution >= 4 is 16.8 Å². The number of carbonyl (C=O) groups excluding carboxylic acids is 1. The number of aromatic nitrogens is 1. The van der Waals surface area contributed by atoms with Gasteiger partial charge in [0.05, 0.1) is 6.07 Å². The Labute approximate surface area is 54.4 Å². The van der Waals surface area contributed by atoms with Crippen molar-refractivity contribution < 1.29 is 9.32 Å². The molecule has 0 atom stereocenters. The molecule has 0 aliphatic carbocycles. The zero-order valence-corrected chi connectivity index (χ0v) is 4.94. The molecular weight excluding hydrogens is 146 g/mol. The number of hydrogen-bond acceptors (Lipinski definition) is 3. The summed E-state index contributed by atoms with van der Waals surface area (Å²) in [7, 11) is 0. The molecule has 4 nitrogen and oxygen atoms in total. The predicted octanol–water partition coefficient (Wildman–Crippen LogP) is 0.347. The van der Waals surface area contributed by atoms with Crippen LogP contribution in [0.25, 0.3) is 0 Å². The molecule has 0 spiro atoms. The molecule has 0 saturated carbocycles. The zero-order chi connectivity index (χ0) is 6.85. The van der Waals surface area contributed by atoms with Gasteiger partial charge in [0.2, 0.25) is 5.76 Å². The Balaban J connectivity index is 3.12. The van der Waals surface area contributed by atoms with Crippen LogP contribution in [0, 0.1) is 0 Å². The average Bonchev–Trinajstić information content (AvgIpc) is 2.14. The summed E-state index contributed by atoms with van der Waals surface area (Å²) in [4.78, 5) is 20.4. The summed E-state index contributed by atoms with van der Waals surface area (Å²) in [5.41, 5.74) is -0.473. The SMILES string of the molecule is O=C(Cl)c1cc(=O)[nH]o1. The third-order valence-electron chi connectivity index (χ3n) is 0.717. The monoisotopic (exact) mass is 147 g/mol. The van der Waals surface area contributed by atoms with E-state index in [9.17, 15) is 9.59 Å². The van der Waals surface area contributed by atoms with Crippen molar-refractivity contribution in [3.63, 3.8) is 0 Å². The summed E-state index contributed by atoms with van der Waals surface area (Å²) in [6.45, 7) is 0. The molecule has 9 heavy (non-hydrogen) atoms. The first-order chi connectivity index (χ1) is 4.20. The molecule has 48 valence electrons. The topological polar surface area (TPSA) is 63.1 Å². The van der Waals surface area contributed by atoms with Gasteiger partial charge in [-0.15, -0.1) is 0 Å². The van der Waals surface area contributed by atoms with Gasteiger partial charge in [-0.2, -0.15) is 5.16 Å². The van der Waals surface area contributed by atoms with Crippen molar-refractivity contribution in [3.05, 3.63) is 22.2 Å². The summed E-state index contributed by atoms with van der Waals surface area (Å²) in [6.07, 6.45) is 0. The van der Waals surface area contributed by atoms with Gasteiger partial charge in [-0.25, -0.2) is 0 Å². The molecule has 0 fully saturated rings. The second-order valence-electron chi connectivity index (χ2n) is 1.35. The molecular formula is C4H2ClNO3.